The largest absolute Gasteiger partial charge is 0.292 e. The predicted octanol–water partition coefficient (Wildman–Crippen LogP) is 2.57. The van der Waals surface area contributed by atoms with Gasteiger partial charge in [-0.1, -0.05) is 18.2 Å². The lowest BCUT2D eigenvalue weighted by Gasteiger charge is -2.17. The number of nitro benzene ring substituents is 1. The number of carbonyl (C=O) groups is 1. The van der Waals surface area contributed by atoms with E-state index in [-0.39, 0.29) is 17.2 Å². The van der Waals surface area contributed by atoms with Crippen LogP contribution in [0.2, 0.25) is 0 Å². The van der Waals surface area contributed by atoms with Gasteiger partial charge in [-0.2, -0.15) is 0 Å². The number of hydrogen-bond acceptors (Lipinski definition) is 4. The number of non-ortho nitro benzene ring substituents is 1. The Morgan fingerprint density at radius 1 is 1.04 bits per heavy atom. The summed E-state index contributed by atoms with van der Waals surface area (Å²) in [5.74, 6) is 0.267. The predicted molar refractivity (Wildman–Crippen MR) is 93.0 cm³/mol. The first-order valence-corrected chi connectivity index (χ1v) is 7.75. The minimum absolute atomic E-state index is 0.0689. The van der Waals surface area contributed by atoms with Crippen LogP contribution in [0.15, 0.2) is 59.4 Å². The molecule has 0 bridgehead atoms. The molecule has 0 saturated carbocycles. The van der Waals surface area contributed by atoms with E-state index in [2.05, 4.69) is 0 Å². The topological polar surface area (TPSA) is 85.4 Å². The number of hydrogen-bond donors (Lipinski definition) is 0. The fourth-order valence-corrected chi connectivity index (χ4v) is 3.13. The van der Waals surface area contributed by atoms with Crippen molar-refractivity contribution in [1.82, 2.24) is 4.57 Å². The molecule has 7 heteroatoms. The van der Waals surface area contributed by atoms with Crippen LogP contribution in [0, 0.1) is 10.1 Å². The molecule has 1 amide bonds. The van der Waals surface area contributed by atoms with Gasteiger partial charge >= 0.3 is 0 Å². The number of fused-ring (bicyclic) bond motifs is 2. The van der Waals surface area contributed by atoms with Crippen LogP contribution < -0.4 is 10.5 Å². The maximum Gasteiger partial charge on any atom is 0.269 e. The van der Waals surface area contributed by atoms with Crippen LogP contribution in [0.5, 0.6) is 0 Å². The molecule has 3 aromatic rings. The number of amides is 1. The third kappa shape index (κ3) is 2.37. The number of carbonyl (C=O) groups excluding carboxylic acids is 1. The number of anilines is 1. The molecule has 124 valence electrons. The third-order valence-electron chi connectivity index (χ3n) is 4.39. The quantitative estimate of drug-likeness (QED) is 0.532. The first-order valence-electron chi connectivity index (χ1n) is 7.75. The van der Waals surface area contributed by atoms with E-state index in [9.17, 15) is 19.7 Å². The molecular weight excluding hydrogens is 322 g/mol. The molecule has 1 aliphatic heterocycles. The lowest BCUT2D eigenvalue weighted by atomic mass is 10.1. The number of pyridine rings is 1. The summed E-state index contributed by atoms with van der Waals surface area (Å²) in [4.78, 5) is 37.1. The average molecular weight is 335 g/mol. The standard InChI is InChI=1S/C18H13N3O4/c22-17(12-5-7-14(8-6-12)21(24)25)19-9-10-20-16(19)11-13-3-1-2-4-15(13)18(20)23/h1-8,11H,9-10H2. The van der Waals surface area contributed by atoms with E-state index in [1.54, 1.807) is 10.6 Å². The van der Waals surface area contributed by atoms with E-state index in [1.165, 1.54) is 29.2 Å². The molecule has 0 N–H and O–H groups in total. The summed E-state index contributed by atoms with van der Waals surface area (Å²) in [6.45, 7) is 0.819. The summed E-state index contributed by atoms with van der Waals surface area (Å²) in [6, 6.07) is 14.6. The Labute approximate surface area is 141 Å². The number of nitrogens with zero attached hydrogens (tertiary/aromatic N) is 3. The first kappa shape index (κ1) is 15.1. The molecule has 1 aliphatic rings. The summed E-state index contributed by atoms with van der Waals surface area (Å²) < 4.78 is 1.59. The van der Waals surface area contributed by atoms with Crippen molar-refractivity contribution in [2.75, 3.05) is 11.4 Å². The molecule has 0 fully saturated rings. The summed E-state index contributed by atoms with van der Waals surface area (Å²) in [7, 11) is 0. The van der Waals surface area contributed by atoms with E-state index in [1.807, 2.05) is 24.3 Å². The van der Waals surface area contributed by atoms with Gasteiger partial charge in [-0.25, -0.2) is 0 Å². The molecule has 2 aromatic carbocycles. The van der Waals surface area contributed by atoms with Gasteiger partial charge in [-0.3, -0.25) is 29.2 Å². The molecule has 0 radical (unpaired) electrons. The van der Waals surface area contributed by atoms with Crippen molar-refractivity contribution in [1.29, 1.82) is 0 Å². The molecule has 2 heterocycles. The van der Waals surface area contributed by atoms with Crippen molar-refractivity contribution in [3.05, 3.63) is 80.6 Å². The zero-order valence-electron chi connectivity index (χ0n) is 13.1. The van der Waals surface area contributed by atoms with Gasteiger partial charge in [0.05, 0.1) is 4.92 Å². The van der Waals surface area contributed by atoms with Gasteiger partial charge in [0.25, 0.3) is 17.2 Å². The fraction of sp³-hybridized carbons (Fsp3) is 0.111. The smallest absolute Gasteiger partial charge is 0.269 e. The average Bonchev–Trinajstić information content (AvgIpc) is 3.05. The molecular formula is C18H13N3O4. The van der Waals surface area contributed by atoms with Crippen molar-refractivity contribution in [2.24, 2.45) is 0 Å². The Morgan fingerprint density at radius 2 is 1.76 bits per heavy atom. The molecule has 0 atom stereocenters. The molecule has 1 aromatic heterocycles. The van der Waals surface area contributed by atoms with Crippen molar-refractivity contribution < 1.29 is 9.72 Å². The van der Waals surface area contributed by atoms with Gasteiger partial charge in [0, 0.05) is 36.2 Å². The van der Waals surface area contributed by atoms with Crippen molar-refractivity contribution in [3.63, 3.8) is 0 Å². The van der Waals surface area contributed by atoms with E-state index >= 15 is 0 Å². The normalized spacial score (nSPS) is 13.0. The second-order valence-electron chi connectivity index (χ2n) is 5.81. The van der Waals surface area contributed by atoms with Crippen LogP contribution in [0.3, 0.4) is 0 Å². The Balaban J connectivity index is 1.76. The molecule has 0 aliphatic carbocycles. The summed E-state index contributed by atoms with van der Waals surface area (Å²) in [6.07, 6.45) is 0. The maximum absolute atomic E-state index is 12.8. The lowest BCUT2D eigenvalue weighted by molar-refractivity contribution is -0.384. The molecule has 25 heavy (non-hydrogen) atoms. The van der Waals surface area contributed by atoms with Gasteiger partial charge < -0.3 is 0 Å². The SMILES string of the molecule is O=C(c1ccc([N+](=O)[O-])cc1)N1CCn2c1cc1ccccc1c2=O. The van der Waals surface area contributed by atoms with Crippen molar-refractivity contribution in [2.45, 2.75) is 6.54 Å². The highest BCUT2D eigenvalue weighted by Crippen LogP contribution is 2.25. The van der Waals surface area contributed by atoms with E-state index in [0.29, 0.717) is 29.9 Å². The fourth-order valence-electron chi connectivity index (χ4n) is 3.13. The van der Waals surface area contributed by atoms with Gasteiger partial charge in [0.15, 0.2) is 0 Å². The highest BCUT2D eigenvalue weighted by Gasteiger charge is 2.27. The number of rotatable bonds is 2. The van der Waals surface area contributed by atoms with E-state index in [4.69, 9.17) is 0 Å². The van der Waals surface area contributed by atoms with Gasteiger partial charge in [0.1, 0.15) is 5.82 Å². The van der Waals surface area contributed by atoms with Gasteiger partial charge in [-0.15, -0.1) is 0 Å². The summed E-state index contributed by atoms with van der Waals surface area (Å²) in [5, 5.41) is 12.1. The van der Waals surface area contributed by atoms with Crippen LogP contribution in [0.4, 0.5) is 11.5 Å². The highest BCUT2D eigenvalue weighted by molar-refractivity contribution is 6.07. The van der Waals surface area contributed by atoms with Crippen molar-refractivity contribution >= 4 is 28.2 Å². The monoisotopic (exact) mass is 335 g/mol. The number of nitro groups is 1. The number of aromatic nitrogens is 1. The van der Waals surface area contributed by atoms with Gasteiger partial charge in [-0.05, 0) is 29.7 Å². The van der Waals surface area contributed by atoms with Crippen LogP contribution in [-0.2, 0) is 6.54 Å². The molecule has 0 spiro atoms. The highest BCUT2D eigenvalue weighted by atomic mass is 16.6. The van der Waals surface area contributed by atoms with Crippen LogP contribution >= 0.6 is 0 Å². The van der Waals surface area contributed by atoms with Crippen molar-refractivity contribution in [3.8, 4) is 0 Å². The Bertz CT molecular complexity index is 1070. The van der Waals surface area contributed by atoms with Gasteiger partial charge in [0.2, 0.25) is 0 Å². The minimum Gasteiger partial charge on any atom is -0.292 e. The van der Waals surface area contributed by atoms with E-state index in [0.717, 1.165) is 5.39 Å². The van der Waals surface area contributed by atoms with Crippen LogP contribution in [0.1, 0.15) is 10.4 Å². The molecule has 0 unspecified atom stereocenters. The van der Waals surface area contributed by atoms with Crippen LogP contribution in [-0.4, -0.2) is 21.9 Å². The number of benzene rings is 2. The Kier molecular flexibility index (Phi) is 3.35. The second kappa shape index (κ2) is 5.55. The minimum atomic E-state index is -0.509. The maximum atomic E-state index is 12.8. The lowest BCUT2D eigenvalue weighted by Crippen LogP contribution is -2.29. The first-order chi connectivity index (χ1) is 12.1. The molecule has 4 rings (SSSR count). The molecule has 7 nitrogen and oxygen atoms in total. The summed E-state index contributed by atoms with van der Waals surface area (Å²) >= 11 is 0. The summed E-state index contributed by atoms with van der Waals surface area (Å²) in [5.41, 5.74) is 0.160. The molecule has 0 saturated heterocycles. The third-order valence-corrected chi connectivity index (χ3v) is 4.39. The van der Waals surface area contributed by atoms with Crippen LogP contribution in [0.25, 0.3) is 10.8 Å². The Morgan fingerprint density at radius 3 is 2.48 bits per heavy atom. The second-order valence-corrected chi connectivity index (χ2v) is 5.81. The Hall–Kier alpha value is -3.48. The zero-order valence-corrected chi connectivity index (χ0v) is 13.1. The zero-order chi connectivity index (χ0) is 17.6. The van der Waals surface area contributed by atoms with E-state index < -0.39 is 4.92 Å².